The zero-order valence-corrected chi connectivity index (χ0v) is 11.2. The molecule has 9 heteroatoms. The lowest BCUT2D eigenvalue weighted by atomic mass is 10.3. The van der Waals surface area contributed by atoms with Crippen LogP contribution < -0.4 is 4.72 Å². The molecule has 0 saturated heterocycles. The van der Waals surface area contributed by atoms with Crippen LogP contribution in [0.4, 0.5) is 0 Å². The molecule has 0 aliphatic carbocycles. The highest BCUT2D eigenvalue weighted by Crippen LogP contribution is 2.20. The molecule has 0 radical (unpaired) electrons. The number of carboxylic acids is 1. The third-order valence-electron chi connectivity index (χ3n) is 1.96. The normalized spacial score (nSPS) is 13.0. The number of hydrogen-bond donors (Lipinski definition) is 2. The van der Waals surface area contributed by atoms with Crippen molar-refractivity contribution in [2.75, 3.05) is 7.11 Å². The highest BCUT2D eigenvalue weighted by Gasteiger charge is 2.24. The molecule has 0 spiro atoms. The number of ether oxygens (including phenoxy) is 1. The zero-order chi connectivity index (χ0) is 13.9. The Morgan fingerprint density at radius 3 is 2.61 bits per heavy atom. The Kier molecular flexibility index (Phi) is 4.43. The number of aliphatic carboxylic acids is 1. The van der Waals surface area contributed by atoms with Gasteiger partial charge in [0.05, 0.1) is 12.7 Å². The van der Waals surface area contributed by atoms with Crippen molar-refractivity contribution in [2.24, 2.45) is 0 Å². The first kappa shape index (κ1) is 14.6. The first-order chi connectivity index (χ1) is 8.27. The van der Waals surface area contributed by atoms with E-state index in [-0.39, 0.29) is 9.77 Å². The lowest BCUT2D eigenvalue weighted by Crippen LogP contribution is -2.37. The summed E-state index contributed by atoms with van der Waals surface area (Å²) in [6.45, 7) is 1.20. The molecule has 0 amide bonds. The molecule has 0 aromatic carbocycles. The second-order valence-corrected chi connectivity index (χ2v) is 6.18. The first-order valence-corrected chi connectivity index (χ1v) is 7.06. The lowest BCUT2D eigenvalue weighted by Gasteiger charge is -2.07. The van der Waals surface area contributed by atoms with Gasteiger partial charge >= 0.3 is 11.9 Å². The number of thiophene rings is 1. The van der Waals surface area contributed by atoms with Crippen LogP contribution in [0.5, 0.6) is 0 Å². The second kappa shape index (κ2) is 5.46. The lowest BCUT2D eigenvalue weighted by molar-refractivity contribution is -0.138. The molecular weight excluding hydrogens is 282 g/mol. The van der Waals surface area contributed by atoms with Gasteiger partial charge in [0, 0.05) is 5.38 Å². The first-order valence-electron chi connectivity index (χ1n) is 4.70. The van der Waals surface area contributed by atoms with Crippen LogP contribution in [0.3, 0.4) is 0 Å². The van der Waals surface area contributed by atoms with Crippen LogP contribution in [-0.4, -0.2) is 38.6 Å². The van der Waals surface area contributed by atoms with Gasteiger partial charge in [-0.05, 0) is 13.0 Å². The van der Waals surface area contributed by atoms with Crippen molar-refractivity contribution in [3.05, 3.63) is 17.0 Å². The Balaban J connectivity index is 2.96. The minimum Gasteiger partial charge on any atom is -0.480 e. The molecule has 7 nitrogen and oxygen atoms in total. The van der Waals surface area contributed by atoms with E-state index in [1.54, 1.807) is 0 Å². The number of carbonyl (C=O) groups excluding carboxylic acids is 1. The van der Waals surface area contributed by atoms with E-state index in [2.05, 4.69) is 4.74 Å². The van der Waals surface area contributed by atoms with E-state index in [9.17, 15) is 18.0 Å². The van der Waals surface area contributed by atoms with E-state index >= 15 is 0 Å². The molecule has 1 atom stereocenters. The molecule has 0 aliphatic rings. The average molecular weight is 293 g/mol. The zero-order valence-electron chi connectivity index (χ0n) is 9.54. The number of methoxy groups -OCH3 is 1. The standard InChI is InChI=1S/C9H11NO6S2/c1-5(8(11)12)10-18(14,15)7-3-6(4-17-7)9(13)16-2/h3-5,10H,1-2H3,(H,11,12)/t5-/m1/s1. The number of carbonyl (C=O) groups is 2. The van der Waals surface area contributed by atoms with E-state index in [1.165, 1.54) is 19.4 Å². The molecule has 2 N–H and O–H groups in total. The fraction of sp³-hybridized carbons (Fsp3) is 0.333. The van der Waals surface area contributed by atoms with Crippen molar-refractivity contribution >= 4 is 33.3 Å². The Bertz CT molecular complexity index is 561. The van der Waals surface area contributed by atoms with Gasteiger partial charge in [-0.25, -0.2) is 13.2 Å². The summed E-state index contributed by atoms with van der Waals surface area (Å²) in [6.07, 6.45) is 0. The van der Waals surface area contributed by atoms with Crippen LogP contribution in [0.1, 0.15) is 17.3 Å². The summed E-state index contributed by atoms with van der Waals surface area (Å²) < 4.78 is 29.8. The third kappa shape index (κ3) is 3.28. The molecule has 1 aromatic rings. The van der Waals surface area contributed by atoms with Crippen molar-refractivity contribution in [3.8, 4) is 0 Å². The molecule has 1 aromatic heterocycles. The van der Waals surface area contributed by atoms with Crippen LogP contribution in [0, 0.1) is 0 Å². The number of carboxylic acid groups (broad SMARTS) is 1. The summed E-state index contributed by atoms with van der Waals surface area (Å²) in [6, 6.07) is -0.119. The van der Waals surface area contributed by atoms with Gasteiger partial charge in [0.1, 0.15) is 10.3 Å². The molecule has 100 valence electrons. The number of hydrogen-bond acceptors (Lipinski definition) is 6. The molecule has 0 unspecified atom stereocenters. The predicted molar refractivity (Wildman–Crippen MR) is 63.1 cm³/mol. The van der Waals surface area contributed by atoms with Gasteiger partial charge in [-0.2, -0.15) is 4.72 Å². The fourth-order valence-corrected chi connectivity index (χ4v) is 3.39. The van der Waals surface area contributed by atoms with Crippen molar-refractivity contribution in [2.45, 2.75) is 17.2 Å². The Morgan fingerprint density at radius 1 is 1.50 bits per heavy atom. The third-order valence-corrected chi connectivity index (χ3v) is 4.94. The molecule has 0 saturated carbocycles. The fourth-order valence-electron chi connectivity index (χ4n) is 1.02. The van der Waals surface area contributed by atoms with Crippen LogP contribution in [-0.2, 0) is 19.6 Å². The predicted octanol–water partition coefficient (Wildman–Crippen LogP) is 0.286. The molecule has 1 rings (SSSR count). The molecule has 18 heavy (non-hydrogen) atoms. The van der Waals surface area contributed by atoms with E-state index in [0.29, 0.717) is 0 Å². The Hall–Kier alpha value is -1.45. The topological polar surface area (TPSA) is 110 Å². The van der Waals surface area contributed by atoms with Gasteiger partial charge in [0.2, 0.25) is 0 Å². The molecule has 0 fully saturated rings. The van der Waals surface area contributed by atoms with E-state index < -0.39 is 28.0 Å². The molecule has 0 aliphatic heterocycles. The summed E-state index contributed by atoms with van der Waals surface area (Å²) >= 11 is 0.810. The minimum atomic E-state index is -3.95. The van der Waals surface area contributed by atoms with Gasteiger partial charge in [-0.15, -0.1) is 11.3 Å². The van der Waals surface area contributed by atoms with Crippen LogP contribution in [0.2, 0.25) is 0 Å². The van der Waals surface area contributed by atoms with Gasteiger partial charge < -0.3 is 9.84 Å². The van der Waals surface area contributed by atoms with Gasteiger partial charge in [-0.3, -0.25) is 4.79 Å². The summed E-state index contributed by atoms with van der Waals surface area (Å²) in [4.78, 5) is 21.7. The summed E-state index contributed by atoms with van der Waals surface area (Å²) in [5.41, 5.74) is 0.103. The number of esters is 1. The average Bonchev–Trinajstić information content (AvgIpc) is 2.77. The maximum atomic E-state index is 11.8. The maximum absolute atomic E-state index is 11.8. The van der Waals surface area contributed by atoms with Gasteiger partial charge in [-0.1, -0.05) is 0 Å². The summed E-state index contributed by atoms with van der Waals surface area (Å²) in [7, 11) is -2.77. The quantitative estimate of drug-likeness (QED) is 0.755. The monoisotopic (exact) mass is 293 g/mol. The largest absolute Gasteiger partial charge is 0.480 e. The summed E-state index contributed by atoms with van der Waals surface area (Å²) in [5, 5.41) is 9.95. The number of rotatable bonds is 5. The maximum Gasteiger partial charge on any atom is 0.338 e. The van der Waals surface area contributed by atoms with E-state index in [1.807, 2.05) is 4.72 Å². The highest BCUT2D eigenvalue weighted by atomic mass is 32.2. The van der Waals surface area contributed by atoms with Crippen molar-refractivity contribution in [1.82, 2.24) is 4.72 Å². The summed E-state index contributed by atoms with van der Waals surface area (Å²) in [5.74, 6) is -1.94. The van der Waals surface area contributed by atoms with Crippen molar-refractivity contribution < 1.29 is 27.9 Å². The number of nitrogens with one attached hydrogen (secondary N) is 1. The van der Waals surface area contributed by atoms with E-state index in [4.69, 9.17) is 5.11 Å². The highest BCUT2D eigenvalue weighted by molar-refractivity contribution is 7.91. The van der Waals surface area contributed by atoms with Crippen molar-refractivity contribution in [3.63, 3.8) is 0 Å². The SMILES string of the molecule is COC(=O)c1csc(S(=O)(=O)N[C@H](C)C(=O)O)c1. The molecule has 0 bridgehead atoms. The Labute approximate surface area is 107 Å². The molecular formula is C9H11NO6S2. The minimum absolute atomic E-state index is 0.103. The van der Waals surface area contributed by atoms with Crippen LogP contribution >= 0.6 is 11.3 Å². The van der Waals surface area contributed by atoms with Crippen molar-refractivity contribution in [1.29, 1.82) is 0 Å². The van der Waals surface area contributed by atoms with Crippen LogP contribution in [0.25, 0.3) is 0 Å². The van der Waals surface area contributed by atoms with Crippen LogP contribution in [0.15, 0.2) is 15.7 Å². The number of sulfonamides is 1. The van der Waals surface area contributed by atoms with Gasteiger partial charge in [0.15, 0.2) is 0 Å². The molecule has 1 heterocycles. The van der Waals surface area contributed by atoms with Gasteiger partial charge in [0.25, 0.3) is 10.0 Å². The van der Waals surface area contributed by atoms with E-state index in [0.717, 1.165) is 17.4 Å². The smallest absolute Gasteiger partial charge is 0.338 e. The second-order valence-electron chi connectivity index (χ2n) is 3.33. The Morgan fingerprint density at radius 2 is 2.11 bits per heavy atom.